The molecule has 1 saturated heterocycles. The van der Waals surface area contributed by atoms with Crippen molar-refractivity contribution < 1.29 is 28.9 Å². The van der Waals surface area contributed by atoms with Gasteiger partial charge in [0.1, 0.15) is 0 Å². The van der Waals surface area contributed by atoms with E-state index in [0.717, 1.165) is 13.1 Å². The number of morpholine rings is 1. The van der Waals surface area contributed by atoms with Gasteiger partial charge in [-0.15, -0.1) is 11.3 Å². The Balaban J connectivity index is 1.75. The molecule has 32 heavy (non-hydrogen) atoms. The van der Waals surface area contributed by atoms with Crippen molar-refractivity contribution in [1.29, 1.82) is 0 Å². The summed E-state index contributed by atoms with van der Waals surface area (Å²) < 4.78 is 16.4. The molecule has 1 atom stereocenters. The maximum atomic E-state index is 13.4. The number of methoxy groups -OCH3 is 2. The fourth-order valence-electron chi connectivity index (χ4n) is 4.18. The van der Waals surface area contributed by atoms with Crippen molar-refractivity contribution in [3.05, 3.63) is 57.5 Å². The van der Waals surface area contributed by atoms with Crippen LogP contribution < -0.4 is 9.47 Å². The monoisotopic (exact) mass is 458 g/mol. The number of Topliss-reactive ketones (excluding diaryl/α,β-unsaturated/α-hetero) is 1. The van der Waals surface area contributed by atoms with Gasteiger partial charge in [0.2, 0.25) is 5.78 Å². The Kier molecular flexibility index (Phi) is 6.78. The molecule has 1 N–H and O–H groups in total. The summed E-state index contributed by atoms with van der Waals surface area (Å²) in [7, 11) is 3.04. The topological polar surface area (TPSA) is 88.5 Å². The van der Waals surface area contributed by atoms with Gasteiger partial charge in [0.15, 0.2) is 17.3 Å². The molecule has 0 unspecified atom stereocenters. The molecule has 0 spiro atoms. The Morgan fingerprint density at radius 2 is 1.94 bits per heavy atom. The van der Waals surface area contributed by atoms with Gasteiger partial charge in [-0.1, -0.05) is 18.2 Å². The van der Waals surface area contributed by atoms with E-state index in [0.29, 0.717) is 48.2 Å². The highest BCUT2D eigenvalue weighted by atomic mass is 32.1. The number of ether oxygens (including phenoxy) is 3. The lowest BCUT2D eigenvalue weighted by atomic mass is 9.94. The molecule has 2 aromatic rings. The van der Waals surface area contributed by atoms with Gasteiger partial charge in [-0.3, -0.25) is 14.5 Å². The Morgan fingerprint density at radius 3 is 2.59 bits per heavy atom. The summed E-state index contributed by atoms with van der Waals surface area (Å²) >= 11 is 1.27. The quantitative estimate of drug-likeness (QED) is 0.609. The van der Waals surface area contributed by atoms with Crippen molar-refractivity contribution in [1.82, 2.24) is 9.80 Å². The van der Waals surface area contributed by atoms with Gasteiger partial charge in [0.25, 0.3) is 5.91 Å². The molecule has 8 nitrogen and oxygen atoms in total. The Morgan fingerprint density at radius 1 is 1.16 bits per heavy atom. The number of hydrogen-bond donors (Lipinski definition) is 1. The number of benzene rings is 1. The lowest BCUT2D eigenvalue weighted by Crippen LogP contribution is -2.43. The predicted octanol–water partition coefficient (Wildman–Crippen LogP) is 2.68. The summed E-state index contributed by atoms with van der Waals surface area (Å²) in [4.78, 5) is 30.7. The molecular formula is C23H26N2O6S. The highest BCUT2D eigenvalue weighted by molar-refractivity contribution is 7.12. The first-order chi connectivity index (χ1) is 15.6. The van der Waals surface area contributed by atoms with Crippen molar-refractivity contribution in [2.75, 3.05) is 53.6 Å². The summed E-state index contributed by atoms with van der Waals surface area (Å²) in [5, 5.41) is 12.6. The third kappa shape index (κ3) is 4.11. The molecule has 9 heteroatoms. The van der Waals surface area contributed by atoms with E-state index < -0.39 is 17.7 Å². The van der Waals surface area contributed by atoms with E-state index in [9.17, 15) is 14.7 Å². The molecule has 170 valence electrons. The molecule has 2 aliphatic heterocycles. The molecule has 2 aliphatic rings. The molecule has 4 rings (SSSR count). The minimum Gasteiger partial charge on any atom is -0.503 e. The average Bonchev–Trinajstić information content (AvgIpc) is 3.45. The second-order valence-corrected chi connectivity index (χ2v) is 8.45. The SMILES string of the molecule is COc1cccc([C@H]2C(C(=O)c3cccs3)=C(O)C(=O)N2CCN2CCOCC2)c1OC. The Labute approximate surface area is 190 Å². The molecule has 0 radical (unpaired) electrons. The summed E-state index contributed by atoms with van der Waals surface area (Å²) in [5.74, 6) is -0.530. The Bertz CT molecular complexity index is 1010. The molecular weight excluding hydrogens is 432 g/mol. The van der Waals surface area contributed by atoms with Gasteiger partial charge in [-0.05, 0) is 17.5 Å². The zero-order chi connectivity index (χ0) is 22.7. The lowest BCUT2D eigenvalue weighted by Gasteiger charge is -2.32. The first-order valence-corrected chi connectivity index (χ1v) is 11.3. The number of amides is 1. The zero-order valence-corrected chi connectivity index (χ0v) is 18.9. The van der Waals surface area contributed by atoms with Gasteiger partial charge in [-0.25, -0.2) is 0 Å². The second kappa shape index (κ2) is 9.72. The van der Waals surface area contributed by atoms with Crippen LogP contribution in [0.1, 0.15) is 21.3 Å². The van der Waals surface area contributed by atoms with Crippen LogP contribution in [0.15, 0.2) is 47.0 Å². The summed E-state index contributed by atoms with van der Waals surface area (Å²) in [5.41, 5.74) is 0.650. The number of ketones is 1. The second-order valence-electron chi connectivity index (χ2n) is 7.51. The fraction of sp³-hybridized carbons (Fsp3) is 0.391. The molecule has 1 aromatic carbocycles. The van der Waals surface area contributed by atoms with Crippen LogP contribution in [0.5, 0.6) is 11.5 Å². The number of carbonyl (C=O) groups excluding carboxylic acids is 2. The molecule has 3 heterocycles. The number of para-hydroxylation sites is 1. The minimum atomic E-state index is -0.789. The maximum absolute atomic E-state index is 13.4. The minimum absolute atomic E-state index is 0.0611. The van der Waals surface area contributed by atoms with E-state index in [1.54, 1.807) is 40.6 Å². The highest BCUT2D eigenvalue weighted by Crippen LogP contribution is 2.45. The van der Waals surface area contributed by atoms with Gasteiger partial charge in [0, 0.05) is 31.7 Å². The van der Waals surface area contributed by atoms with Crippen molar-refractivity contribution in [2.24, 2.45) is 0 Å². The number of aliphatic hydroxyl groups excluding tert-OH is 1. The summed E-state index contributed by atoms with van der Waals surface area (Å²) in [6.07, 6.45) is 0. The Hall–Kier alpha value is -2.88. The third-order valence-electron chi connectivity index (χ3n) is 5.78. The number of rotatable bonds is 8. The number of nitrogens with zero attached hydrogens (tertiary/aromatic N) is 2. The van der Waals surface area contributed by atoms with Crippen molar-refractivity contribution in [2.45, 2.75) is 6.04 Å². The van der Waals surface area contributed by atoms with E-state index in [2.05, 4.69) is 4.90 Å². The summed E-state index contributed by atoms with van der Waals surface area (Å²) in [6, 6.07) is 7.99. The molecule has 0 saturated carbocycles. The molecule has 1 amide bonds. The fourth-order valence-corrected chi connectivity index (χ4v) is 4.86. The lowest BCUT2D eigenvalue weighted by molar-refractivity contribution is -0.129. The largest absolute Gasteiger partial charge is 0.503 e. The van der Waals surface area contributed by atoms with Crippen LogP contribution in [-0.2, 0) is 9.53 Å². The summed E-state index contributed by atoms with van der Waals surface area (Å²) in [6.45, 7) is 3.78. The standard InChI is InChI=1S/C23H26N2O6S/c1-29-16-6-3-5-15(22(16)30-2)19-18(20(26)17-7-4-14-32-17)21(27)23(28)25(19)9-8-24-10-12-31-13-11-24/h3-7,14,19,27H,8-13H2,1-2H3/t19-/m0/s1. The van der Waals surface area contributed by atoms with E-state index in [4.69, 9.17) is 14.2 Å². The van der Waals surface area contributed by atoms with E-state index in [-0.39, 0.29) is 11.4 Å². The predicted molar refractivity (Wildman–Crippen MR) is 120 cm³/mol. The number of carbonyl (C=O) groups is 2. The van der Waals surface area contributed by atoms with Crippen molar-refractivity contribution in [3.63, 3.8) is 0 Å². The van der Waals surface area contributed by atoms with Crippen LogP contribution >= 0.6 is 11.3 Å². The van der Waals surface area contributed by atoms with Crippen LogP contribution in [0.4, 0.5) is 0 Å². The van der Waals surface area contributed by atoms with Crippen LogP contribution in [0, 0.1) is 0 Å². The zero-order valence-electron chi connectivity index (χ0n) is 18.1. The number of thiophene rings is 1. The highest BCUT2D eigenvalue weighted by Gasteiger charge is 2.45. The van der Waals surface area contributed by atoms with Crippen LogP contribution in [-0.4, -0.2) is 80.2 Å². The molecule has 1 aromatic heterocycles. The van der Waals surface area contributed by atoms with E-state index in [1.165, 1.54) is 25.6 Å². The van der Waals surface area contributed by atoms with Gasteiger partial charge in [-0.2, -0.15) is 0 Å². The van der Waals surface area contributed by atoms with E-state index in [1.807, 2.05) is 0 Å². The number of aliphatic hydroxyl groups is 1. The first-order valence-electron chi connectivity index (χ1n) is 10.4. The van der Waals surface area contributed by atoms with Crippen LogP contribution in [0.3, 0.4) is 0 Å². The van der Waals surface area contributed by atoms with Gasteiger partial charge < -0.3 is 24.2 Å². The van der Waals surface area contributed by atoms with Gasteiger partial charge in [0.05, 0.1) is 43.9 Å². The smallest absolute Gasteiger partial charge is 0.290 e. The molecule has 0 aliphatic carbocycles. The third-order valence-corrected chi connectivity index (χ3v) is 6.65. The molecule has 0 bridgehead atoms. The normalized spacial score (nSPS) is 19.5. The number of hydrogen-bond acceptors (Lipinski definition) is 8. The van der Waals surface area contributed by atoms with Crippen LogP contribution in [0.2, 0.25) is 0 Å². The van der Waals surface area contributed by atoms with Crippen molar-refractivity contribution >= 4 is 23.0 Å². The van der Waals surface area contributed by atoms with Crippen molar-refractivity contribution in [3.8, 4) is 11.5 Å². The van der Waals surface area contributed by atoms with E-state index >= 15 is 0 Å². The molecule has 1 fully saturated rings. The first kappa shape index (κ1) is 22.3. The maximum Gasteiger partial charge on any atom is 0.290 e. The van der Waals surface area contributed by atoms with Gasteiger partial charge >= 0.3 is 0 Å². The average molecular weight is 459 g/mol. The van der Waals surface area contributed by atoms with Crippen LogP contribution in [0.25, 0.3) is 0 Å².